The summed E-state index contributed by atoms with van der Waals surface area (Å²) < 4.78 is 38.3. The van der Waals surface area contributed by atoms with Gasteiger partial charge >= 0.3 is 0 Å². The normalized spacial score (nSPS) is 12.2. The SMILES string of the molecule is [2H]c1c([2H])c(N(c2ccc(-c3ccc4c(ccc5ccccc54)c3)cc2)c2ccc(-c3ccc4ccccc4c3-c3ccccc3)cc2)c([2H])c([2H])c1-c1ccc(-c2ccc3ccccc3c2)cc1. The van der Waals surface area contributed by atoms with Gasteiger partial charge in [0.15, 0.2) is 0 Å². The largest absolute Gasteiger partial charge is 0.311 e. The first-order valence-electron chi connectivity index (χ1n) is 24.1. The zero-order valence-corrected chi connectivity index (χ0v) is 35.5. The van der Waals surface area contributed by atoms with Crippen LogP contribution in [0.5, 0.6) is 0 Å². The molecule has 0 saturated heterocycles. The number of hydrogen-bond donors (Lipinski definition) is 0. The Morgan fingerprint density at radius 3 is 1.38 bits per heavy atom. The molecule has 0 unspecified atom stereocenters. The molecular formula is C64H43N. The van der Waals surface area contributed by atoms with E-state index >= 15 is 0 Å². The number of hydrogen-bond acceptors (Lipinski definition) is 1. The van der Waals surface area contributed by atoms with Gasteiger partial charge in [-0.05, 0) is 147 Å². The topological polar surface area (TPSA) is 3.24 Å². The van der Waals surface area contributed by atoms with E-state index in [1.165, 1.54) is 26.9 Å². The highest BCUT2D eigenvalue weighted by Crippen LogP contribution is 2.42. The van der Waals surface area contributed by atoms with Gasteiger partial charge in [0, 0.05) is 17.1 Å². The third-order valence-corrected chi connectivity index (χ3v) is 12.7. The summed E-state index contributed by atoms with van der Waals surface area (Å²) in [6.45, 7) is 0. The fourth-order valence-corrected chi connectivity index (χ4v) is 9.38. The first-order valence-corrected chi connectivity index (χ1v) is 22.1. The van der Waals surface area contributed by atoms with Crippen LogP contribution < -0.4 is 4.90 Å². The molecule has 0 aliphatic carbocycles. The van der Waals surface area contributed by atoms with E-state index in [0.29, 0.717) is 16.9 Å². The van der Waals surface area contributed by atoms with Crippen molar-refractivity contribution in [2.24, 2.45) is 0 Å². The molecule has 0 atom stereocenters. The lowest BCUT2D eigenvalue weighted by Crippen LogP contribution is -2.09. The van der Waals surface area contributed by atoms with Gasteiger partial charge in [0.05, 0.1) is 5.48 Å². The van der Waals surface area contributed by atoms with Crippen molar-refractivity contribution in [3.05, 3.63) is 261 Å². The molecule has 0 heterocycles. The van der Waals surface area contributed by atoms with E-state index in [1.54, 1.807) is 0 Å². The van der Waals surface area contributed by atoms with Gasteiger partial charge in [-0.1, -0.05) is 212 Å². The van der Waals surface area contributed by atoms with Crippen molar-refractivity contribution >= 4 is 60.2 Å². The molecule has 12 aromatic rings. The summed E-state index contributed by atoms with van der Waals surface area (Å²) in [6.07, 6.45) is 0. The van der Waals surface area contributed by atoms with Gasteiger partial charge in [0.2, 0.25) is 0 Å². The fourth-order valence-electron chi connectivity index (χ4n) is 9.38. The third kappa shape index (κ3) is 7.20. The zero-order valence-electron chi connectivity index (χ0n) is 39.5. The van der Waals surface area contributed by atoms with Crippen LogP contribution in [0.2, 0.25) is 0 Å². The third-order valence-electron chi connectivity index (χ3n) is 12.7. The van der Waals surface area contributed by atoms with Crippen molar-refractivity contribution in [2.45, 2.75) is 0 Å². The van der Waals surface area contributed by atoms with E-state index in [0.717, 1.165) is 60.7 Å². The maximum atomic E-state index is 9.66. The van der Waals surface area contributed by atoms with E-state index in [2.05, 4.69) is 170 Å². The zero-order chi connectivity index (χ0) is 46.6. The highest BCUT2D eigenvalue weighted by Gasteiger charge is 2.17. The Bertz CT molecular complexity index is 3890. The molecule has 0 fully saturated rings. The molecule has 0 aliphatic heterocycles. The standard InChI is InChI=1S/C64H43N/c1-2-13-52(14-3-1)64-62-17-9-7-12-50(62)32-41-63(64)51-30-38-59(39-31-51)65(58-36-28-48(29-37-58)55-33-40-61-56(43-55)25-23-49-11-6-8-16-60(49)61)57-34-26-46(27-35-57)45-18-20-47(21-19-45)54-24-22-44-10-4-5-15-53(44)42-54/h1-43H/i26D,27D,34D,35D. The summed E-state index contributed by atoms with van der Waals surface area (Å²) in [5.74, 6) is 0. The van der Waals surface area contributed by atoms with Gasteiger partial charge in [-0.2, -0.15) is 0 Å². The molecule has 12 rings (SSSR count). The number of fused-ring (bicyclic) bond motifs is 5. The van der Waals surface area contributed by atoms with Gasteiger partial charge in [-0.3, -0.25) is 0 Å². The van der Waals surface area contributed by atoms with Crippen molar-refractivity contribution in [3.63, 3.8) is 0 Å². The number of nitrogens with zero attached hydrogens (tertiary/aromatic N) is 1. The number of anilines is 3. The molecule has 0 radical (unpaired) electrons. The Morgan fingerprint density at radius 1 is 0.246 bits per heavy atom. The molecule has 65 heavy (non-hydrogen) atoms. The minimum Gasteiger partial charge on any atom is -0.311 e. The van der Waals surface area contributed by atoms with Crippen molar-refractivity contribution in [3.8, 4) is 55.6 Å². The highest BCUT2D eigenvalue weighted by atomic mass is 15.1. The van der Waals surface area contributed by atoms with Crippen LogP contribution in [0.15, 0.2) is 261 Å². The maximum absolute atomic E-state index is 9.66. The predicted molar refractivity (Wildman–Crippen MR) is 278 cm³/mol. The van der Waals surface area contributed by atoms with Crippen molar-refractivity contribution in [1.82, 2.24) is 0 Å². The Balaban J connectivity index is 0.963. The highest BCUT2D eigenvalue weighted by molar-refractivity contribution is 6.08. The van der Waals surface area contributed by atoms with Gasteiger partial charge < -0.3 is 4.90 Å². The molecule has 0 aromatic heterocycles. The monoisotopic (exact) mass is 829 g/mol. The molecular weight excluding hydrogens is 783 g/mol. The average Bonchev–Trinajstić information content (AvgIpc) is 3.41. The van der Waals surface area contributed by atoms with Crippen molar-refractivity contribution in [1.29, 1.82) is 0 Å². The fraction of sp³-hybridized carbons (Fsp3) is 0. The van der Waals surface area contributed by atoms with Crippen LogP contribution in [-0.4, -0.2) is 0 Å². The summed E-state index contributed by atoms with van der Waals surface area (Å²) in [4.78, 5) is 1.87. The summed E-state index contributed by atoms with van der Waals surface area (Å²) in [6, 6.07) is 81.0. The molecule has 0 amide bonds. The number of benzene rings is 12. The summed E-state index contributed by atoms with van der Waals surface area (Å²) in [7, 11) is 0. The molecule has 1 nitrogen and oxygen atoms in total. The smallest absolute Gasteiger partial charge is 0.0645 e. The van der Waals surface area contributed by atoms with Crippen LogP contribution in [-0.2, 0) is 0 Å². The summed E-state index contributed by atoms with van der Waals surface area (Å²) >= 11 is 0. The van der Waals surface area contributed by atoms with Crippen LogP contribution in [0.3, 0.4) is 0 Å². The van der Waals surface area contributed by atoms with E-state index in [1.807, 2.05) is 71.6 Å². The Kier molecular flexibility index (Phi) is 8.54. The second-order valence-electron chi connectivity index (χ2n) is 16.6. The van der Waals surface area contributed by atoms with Crippen LogP contribution in [0.1, 0.15) is 5.48 Å². The molecule has 304 valence electrons. The van der Waals surface area contributed by atoms with Gasteiger partial charge in [-0.25, -0.2) is 0 Å². The van der Waals surface area contributed by atoms with E-state index in [9.17, 15) is 5.48 Å². The van der Waals surface area contributed by atoms with Crippen LogP contribution in [0, 0.1) is 0 Å². The quantitative estimate of drug-likeness (QED) is 0.138. The maximum Gasteiger partial charge on any atom is 0.0645 e. The van der Waals surface area contributed by atoms with Crippen molar-refractivity contribution in [2.75, 3.05) is 4.90 Å². The van der Waals surface area contributed by atoms with E-state index in [-0.39, 0.29) is 35.4 Å². The minimum atomic E-state index is -0.125. The molecule has 0 spiro atoms. The first-order chi connectivity index (χ1) is 33.9. The molecule has 0 bridgehead atoms. The molecule has 0 aliphatic rings. The van der Waals surface area contributed by atoms with Gasteiger partial charge in [-0.15, -0.1) is 0 Å². The van der Waals surface area contributed by atoms with E-state index < -0.39 is 0 Å². The van der Waals surface area contributed by atoms with Gasteiger partial charge in [0.1, 0.15) is 0 Å². The van der Waals surface area contributed by atoms with Crippen LogP contribution >= 0.6 is 0 Å². The summed E-state index contributed by atoms with van der Waals surface area (Å²) in [5, 5.41) is 9.44. The van der Waals surface area contributed by atoms with Crippen molar-refractivity contribution < 1.29 is 5.48 Å². The minimum absolute atomic E-state index is 0.102. The lowest BCUT2D eigenvalue weighted by atomic mass is 9.90. The second kappa shape index (κ2) is 16.3. The summed E-state index contributed by atoms with van der Waals surface area (Å²) in [5.41, 5.74) is 11.0. The van der Waals surface area contributed by atoms with Crippen LogP contribution in [0.25, 0.3) is 98.7 Å². The molecule has 12 aromatic carbocycles. The van der Waals surface area contributed by atoms with Gasteiger partial charge in [0.25, 0.3) is 0 Å². The molecule has 0 saturated carbocycles. The van der Waals surface area contributed by atoms with Crippen LogP contribution in [0.4, 0.5) is 17.1 Å². The Labute approximate surface area is 385 Å². The second-order valence-corrected chi connectivity index (χ2v) is 16.6. The first kappa shape index (κ1) is 34.0. The molecule has 0 N–H and O–H groups in total. The number of rotatable bonds is 8. The lowest BCUT2D eigenvalue weighted by Gasteiger charge is -2.26. The molecule has 1 heteroatoms. The Hall–Kier alpha value is -8.52. The Morgan fingerprint density at radius 2 is 0.692 bits per heavy atom. The average molecular weight is 830 g/mol. The lowest BCUT2D eigenvalue weighted by molar-refractivity contribution is 1.28. The van der Waals surface area contributed by atoms with E-state index in [4.69, 9.17) is 0 Å². The predicted octanol–water partition coefficient (Wildman–Crippen LogP) is 18.1.